The number of benzene rings is 1. The van der Waals surface area contributed by atoms with Crippen molar-refractivity contribution in [2.45, 2.75) is 0 Å². The molecule has 3 aromatic rings. The molecule has 0 radical (unpaired) electrons. The molecule has 0 saturated heterocycles. The molecule has 0 saturated carbocycles. The minimum atomic E-state index is 0.201. The first kappa shape index (κ1) is 9.65. The van der Waals surface area contributed by atoms with Crippen LogP contribution in [-0.2, 0) is 0 Å². The normalized spacial score (nSPS) is 10.6. The fourth-order valence-electron chi connectivity index (χ4n) is 1.56. The molecule has 0 aliphatic carbocycles. The number of aromatic nitrogens is 3. The first-order valence-electron chi connectivity index (χ1n) is 5.08. The van der Waals surface area contributed by atoms with Crippen LogP contribution in [0.4, 0.5) is 0 Å². The SMILES string of the molecule is Oc1ccc(Oc2ncnc3[nH]ccc23)cc1. The monoisotopic (exact) mass is 227 g/mol. The Hall–Kier alpha value is -2.56. The maximum atomic E-state index is 9.18. The number of aromatic amines is 1. The number of phenolic OH excluding ortho intramolecular Hbond substituents is 1. The van der Waals surface area contributed by atoms with Gasteiger partial charge in [0.15, 0.2) is 0 Å². The number of hydrogen-bond acceptors (Lipinski definition) is 4. The van der Waals surface area contributed by atoms with E-state index in [1.807, 2.05) is 6.07 Å². The molecule has 0 bridgehead atoms. The zero-order valence-electron chi connectivity index (χ0n) is 8.79. The molecule has 2 N–H and O–H groups in total. The molecule has 84 valence electrons. The van der Waals surface area contributed by atoms with Gasteiger partial charge in [0.25, 0.3) is 0 Å². The molecule has 1 aromatic carbocycles. The van der Waals surface area contributed by atoms with Crippen LogP contribution in [0.2, 0.25) is 0 Å². The van der Waals surface area contributed by atoms with E-state index < -0.39 is 0 Å². The van der Waals surface area contributed by atoms with Gasteiger partial charge in [-0.25, -0.2) is 9.97 Å². The highest BCUT2D eigenvalue weighted by atomic mass is 16.5. The van der Waals surface area contributed by atoms with E-state index in [0.29, 0.717) is 11.6 Å². The Bertz CT molecular complexity index is 646. The minimum Gasteiger partial charge on any atom is -0.508 e. The number of H-pyrrole nitrogens is 1. The lowest BCUT2D eigenvalue weighted by Gasteiger charge is -2.04. The zero-order chi connectivity index (χ0) is 11.7. The third-order valence-corrected chi connectivity index (χ3v) is 2.37. The van der Waals surface area contributed by atoms with Gasteiger partial charge in [-0.2, -0.15) is 0 Å². The Balaban J connectivity index is 1.99. The van der Waals surface area contributed by atoms with E-state index >= 15 is 0 Å². The van der Waals surface area contributed by atoms with Crippen molar-refractivity contribution in [3.8, 4) is 17.4 Å². The summed E-state index contributed by atoms with van der Waals surface area (Å²) < 4.78 is 5.62. The summed E-state index contributed by atoms with van der Waals surface area (Å²) in [5.41, 5.74) is 0.730. The van der Waals surface area contributed by atoms with Crippen LogP contribution in [0.5, 0.6) is 17.4 Å². The van der Waals surface area contributed by atoms with Gasteiger partial charge >= 0.3 is 0 Å². The maximum Gasteiger partial charge on any atom is 0.231 e. The van der Waals surface area contributed by atoms with Gasteiger partial charge in [0, 0.05) is 6.20 Å². The lowest BCUT2D eigenvalue weighted by molar-refractivity contribution is 0.457. The van der Waals surface area contributed by atoms with Crippen molar-refractivity contribution in [3.63, 3.8) is 0 Å². The Morgan fingerprint density at radius 3 is 2.71 bits per heavy atom. The van der Waals surface area contributed by atoms with Gasteiger partial charge in [-0.3, -0.25) is 0 Å². The van der Waals surface area contributed by atoms with E-state index in [1.165, 1.54) is 6.33 Å². The van der Waals surface area contributed by atoms with Gasteiger partial charge in [0.05, 0.1) is 5.39 Å². The summed E-state index contributed by atoms with van der Waals surface area (Å²) in [5, 5.41) is 10.00. The minimum absolute atomic E-state index is 0.201. The highest BCUT2D eigenvalue weighted by molar-refractivity contribution is 5.80. The van der Waals surface area contributed by atoms with Crippen molar-refractivity contribution in [1.29, 1.82) is 0 Å². The fraction of sp³-hybridized carbons (Fsp3) is 0. The molecule has 17 heavy (non-hydrogen) atoms. The van der Waals surface area contributed by atoms with Crippen LogP contribution in [0.3, 0.4) is 0 Å². The number of nitrogens with one attached hydrogen (secondary N) is 1. The highest BCUT2D eigenvalue weighted by Gasteiger charge is 2.06. The lowest BCUT2D eigenvalue weighted by atomic mass is 10.3. The van der Waals surface area contributed by atoms with Crippen molar-refractivity contribution in [2.24, 2.45) is 0 Å². The average Bonchev–Trinajstić information content (AvgIpc) is 2.81. The van der Waals surface area contributed by atoms with Crippen LogP contribution >= 0.6 is 0 Å². The van der Waals surface area contributed by atoms with Gasteiger partial charge in [0.2, 0.25) is 5.88 Å². The summed E-state index contributed by atoms with van der Waals surface area (Å²) in [4.78, 5) is 11.1. The number of fused-ring (bicyclic) bond motifs is 1. The highest BCUT2D eigenvalue weighted by Crippen LogP contribution is 2.26. The van der Waals surface area contributed by atoms with Crippen LogP contribution in [0.1, 0.15) is 0 Å². The number of nitrogens with zero attached hydrogens (tertiary/aromatic N) is 2. The number of phenols is 1. The van der Waals surface area contributed by atoms with E-state index in [-0.39, 0.29) is 5.75 Å². The Morgan fingerprint density at radius 2 is 1.88 bits per heavy atom. The molecule has 0 amide bonds. The fourth-order valence-corrected chi connectivity index (χ4v) is 1.56. The predicted octanol–water partition coefficient (Wildman–Crippen LogP) is 2.46. The topological polar surface area (TPSA) is 71.0 Å². The molecule has 5 heteroatoms. The number of rotatable bonds is 2. The third kappa shape index (κ3) is 1.78. The summed E-state index contributed by atoms with van der Waals surface area (Å²) in [5.74, 6) is 1.30. The molecule has 2 aromatic heterocycles. The quantitative estimate of drug-likeness (QED) is 0.705. The first-order chi connectivity index (χ1) is 8.33. The van der Waals surface area contributed by atoms with Gasteiger partial charge in [-0.05, 0) is 30.3 Å². The standard InChI is InChI=1S/C12H9N3O2/c16-8-1-3-9(4-2-8)17-12-10-5-6-13-11(10)14-7-15-12/h1-7,16H,(H,13,14,15). The van der Waals surface area contributed by atoms with Gasteiger partial charge < -0.3 is 14.8 Å². The van der Waals surface area contributed by atoms with Crippen molar-refractivity contribution >= 4 is 11.0 Å². The molecule has 0 fully saturated rings. The summed E-state index contributed by atoms with van der Waals surface area (Å²) in [6.45, 7) is 0. The number of aromatic hydroxyl groups is 1. The summed E-state index contributed by atoms with van der Waals surface area (Å²) in [6.07, 6.45) is 3.22. The molecule has 0 atom stereocenters. The molecule has 2 heterocycles. The molecule has 0 aliphatic rings. The van der Waals surface area contributed by atoms with Gasteiger partial charge in [-0.1, -0.05) is 0 Å². The summed E-state index contributed by atoms with van der Waals surface area (Å²) in [6, 6.07) is 8.33. The second kappa shape index (κ2) is 3.79. The van der Waals surface area contributed by atoms with Crippen LogP contribution in [0.15, 0.2) is 42.9 Å². The van der Waals surface area contributed by atoms with E-state index in [9.17, 15) is 5.11 Å². The van der Waals surface area contributed by atoms with Gasteiger partial charge in [0.1, 0.15) is 23.5 Å². The third-order valence-electron chi connectivity index (χ3n) is 2.37. The Labute approximate surface area is 96.7 Å². The lowest BCUT2D eigenvalue weighted by Crippen LogP contribution is -1.89. The molecule has 5 nitrogen and oxygen atoms in total. The van der Waals surface area contributed by atoms with Crippen molar-refractivity contribution in [3.05, 3.63) is 42.9 Å². The van der Waals surface area contributed by atoms with E-state index in [4.69, 9.17) is 4.74 Å². The van der Waals surface area contributed by atoms with Crippen molar-refractivity contribution in [1.82, 2.24) is 15.0 Å². The van der Waals surface area contributed by atoms with Crippen LogP contribution in [-0.4, -0.2) is 20.1 Å². The largest absolute Gasteiger partial charge is 0.508 e. The summed E-state index contributed by atoms with van der Waals surface area (Å²) in [7, 11) is 0. The second-order valence-electron chi connectivity index (χ2n) is 3.51. The smallest absolute Gasteiger partial charge is 0.231 e. The van der Waals surface area contributed by atoms with E-state index in [2.05, 4.69) is 15.0 Å². The molecule has 0 spiro atoms. The molecule has 3 rings (SSSR count). The Kier molecular flexibility index (Phi) is 2.15. The summed E-state index contributed by atoms with van der Waals surface area (Å²) >= 11 is 0. The maximum absolute atomic E-state index is 9.18. The molecular weight excluding hydrogens is 218 g/mol. The molecule has 0 unspecified atom stereocenters. The number of hydrogen-bond donors (Lipinski definition) is 2. The zero-order valence-corrected chi connectivity index (χ0v) is 8.79. The van der Waals surface area contributed by atoms with Crippen molar-refractivity contribution < 1.29 is 9.84 Å². The molecule has 0 aliphatic heterocycles. The average molecular weight is 227 g/mol. The number of ether oxygens (including phenoxy) is 1. The second-order valence-corrected chi connectivity index (χ2v) is 3.51. The first-order valence-corrected chi connectivity index (χ1v) is 5.08. The van der Waals surface area contributed by atoms with E-state index in [1.54, 1.807) is 30.5 Å². The predicted molar refractivity (Wildman–Crippen MR) is 62.1 cm³/mol. The van der Waals surface area contributed by atoms with Crippen LogP contribution < -0.4 is 4.74 Å². The Morgan fingerprint density at radius 1 is 1.06 bits per heavy atom. The van der Waals surface area contributed by atoms with Crippen LogP contribution in [0.25, 0.3) is 11.0 Å². The van der Waals surface area contributed by atoms with Crippen molar-refractivity contribution in [2.75, 3.05) is 0 Å². The van der Waals surface area contributed by atoms with Crippen LogP contribution in [0, 0.1) is 0 Å². The van der Waals surface area contributed by atoms with Gasteiger partial charge in [-0.15, -0.1) is 0 Å². The van der Waals surface area contributed by atoms with E-state index in [0.717, 1.165) is 11.0 Å². The molecular formula is C12H9N3O2.